The summed E-state index contributed by atoms with van der Waals surface area (Å²) in [6.07, 6.45) is 1.37. The molecule has 0 unspecified atom stereocenters. The van der Waals surface area contributed by atoms with Gasteiger partial charge in [0.15, 0.2) is 0 Å². The van der Waals surface area contributed by atoms with E-state index in [0.717, 1.165) is 16.9 Å². The van der Waals surface area contributed by atoms with Crippen molar-refractivity contribution in [3.63, 3.8) is 0 Å². The van der Waals surface area contributed by atoms with E-state index >= 15 is 0 Å². The van der Waals surface area contributed by atoms with Gasteiger partial charge in [0.05, 0.1) is 12.1 Å². The van der Waals surface area contributed by atoms with E-state index in [0.29, 0.717) is 5.76 Å². The van der Waals surface area contributed by atoms with Crippen molar-refractivity contribution in [1.82, 2.24) is 14.9 Å². The lowest BCUT2D eigenvalue weighted by Crippen LogP contribution is -2.29. The van der Waals surface area contributed by atoms with Gasteiger partial charge in [-0.1, -0.05) is 48.5 Å². The maximum atomic E-state index is 12.7. The van der Waals surface area contributed by atoms with E-state index in [1.807, 2.05) is 54.6 Å². The number of carbonyl (C=O) groups is 1. The van der Waals surface area contributed by atoms with E-state index in [2.05, 4.69) is 10.3 Å². The van der Waals surface area contributed by atoms with Crippen molar-refractivity contribution in [3.8, 4) is 16.9 Å². The normalized spacial score (nSPS) is 10.9. The summed E-state index contributed by atoms with van der Waals surface area (Å²) in [5.74, 6) is 0.700. The molecule has 7 heteroatoms. The maximum Gasteiger partial charge on any atom is 0.265 e. The Labute approximate surface area is 172 Å². The first kappa shape index (κ1) is 19.4. The third kappa shape index (κ3) is 3.69. The summed E-state index contributed by atoms with van der Waals surface area (Å²) in [5.41, 5.74) is 2.09. The number of carbonyl (C=O) groups excluding carboxylic acids is 1. The van der Waals surface area contributed by atoms with Crippen molar-refractivity contribution >= 4 is 17.0 Å². The topological polar surface area (TPSA) is 86.4 Å². The smallest absolute Gasteiger partial charge is 0.265 e. The quantitative estimate of drug-likeness (QED) is 0.499. The monoisotopic (exact) mass is 403 g/mol. The van der Waals surface area contributed by atoms with Crippen LogP contribution in [-0.4, -0.2) is 28.6 Å². The molecule has 152 valence electrons. The zero-order valence-corrected chi connectivity index (χ0v) is 16.7. The minimum atomic E-state index is -0.392. The molecule has 7 nitrogen and oxygen atoms in total. The largest absolute Gasteiger partial charge is 0.491 e. The van der Waals surface area contributed by atoms with Gasteiger partial charge in [0.1, 0.15) is 29.8 Å². The molecular weight excluding hydrogens is 382 g/mol. The SMILES string of the molecule is Cc1oc2ncn(C)c(=O)c2c1C(=O)NCCOc1ccccc1-c1ccccc1. The molecule has 0 atom stereocenters. The molecule has 1 amide bonds. The molecule has 4 aromatic rings. The Kier molecular flexibility index (Phi) is 5.34. The zero-order valence-electron chi connectivity index (χ0n) is 16.7. The van der Waals surface area contributed by atoms with Gasteiger partial charge in [-0.2, -0.15) is 0 Å². The Hall–Kier alpha value is -3.87. The molecule has 0 bridgehead atoms. The van der Waals surface area contributed by atoms with Crippen LogP contribution >= 0.6 is 0 Å². The molecule has 2 aromatic heterocycles. The van der Waals surface area contributed by atoms with Crippen LogP contribution in [0.25, 0.3) is 22.2 Å². The van der Waals surface area contributed by atoms with Gasteiger partial charge in [-0.05, 0) is 18.6 Å². The second-order valence-corrected chi connectivity index (χ2v) is 6.84. The molecule has 2 heterocycles. The molecular formula is C23H21N3O4. The number of hydrogen-bond donors (Lipinski definition) is 1. The van der Waals surface area contributed by atoms with Crippen LogP contribution in [0.5, 0.6) is 5.75 Å². The lowest BCUT2D eigenvalue weighted by molar-refractivity contribution is 0.0947. The van der Waals surface area contributed by atoms with E-state index in [-0.39, 0.29) is 35.4 Å². The second-order valence-electron chi connectivity index (χ2n) is 6.84. The van der Waals surface area contributed by atoms with Crippen LogP contribution in [0.4, 0.5) is 0 Å². The first-order valence-electron chi connectivity index (χ1n) is 9.56. The molecule has 0 aliphatic heterocycles. The number of aromatic nitrogens is 2. The molecule has 0 radical (unpaired) electrons. The Bertz CT molecular complexity index is 1260. The van der Waals surface area contributed by atoms with Gasteiger partial charge in [-0.3, -0.25) is 9.59 Å². The van der Waals surface area contributed by atoms with Gasteiger partial charge in [-0.25, -0.2) is 4.98 Å². The summed E-state index contributed by atoms with van der Waals surface area (Å²) >= 11 is 0. The number of nitrogens with one attached hydrogen (secondary N) is 1. The number of furan rings is 1. The van der Waals surface area contributed by atoms with Crippen LogP contribution in [0.3, 0.4) is 0 Å². The van der Waals surface area contributed by atoms with Crippen LogP contribution in [0.1, 0.15) is 16.1 Å². The summed E-state index contributed by atoms with van der Waals surface area (Å²) in [6, 6.07) is 17.7. The van der Waals surface area contributed by atoms with Gasteiger partial charge >= 0.3 is 0 Å². The van der Waals surface area contributed by atoms with Crippen LogP contribution in [0, 0.1) is 6.92 Å². The third-order valence-electron chi connectivity index (χ3n) is 4.79. The summed E-state index contributed by atoms with van der Waals surface area (Å²) in [4.78, 5) is 29.2. The second kappa shape index (κ2) is 8.24. The van der Waals surface area contributed by atoms with E-state index in [9.17, 15) is 9.59 Å². The molecule has 0 aliphatic carbocycles. The highest BCUT2D eigenvalue weighted by Gasteiger charge is 2.22. The molecule has 30 heavy (non-hydrogen) atoms. The van der Waals surface area contributed by atoms with E-state index in [1.165, 1.54) is 10.9 Å². The van der Waals surface area contributed by atoms with E-state index < -0.39 is 5.91 Å². The molecule has 2 aromatic carbocycles. The lowest BCUT2D eigenvalue weighted by atomic mass is 10.1. The standard InChI is InChI=1S/C23H21N3O4/c1-15-19(20-22(30-15)25-14-26(2)23(20)28)21(27)24-12-13-29-18-11-7-6-10-17(18)16-8-4-3-5-9-16/h3-11,14H,12-13H2,1-2H3,(H,24,27). The Balaban J connectivity index is 1.45. The molecule has 4 rings (SSSR count). The summed E-state index contributed by atoms with van der Waals surface area (Å²) < 4.78 is 12.7. The van der Waals surface area contributed by atoms with Crippen molar-refractivity contribution < 1.29 is 13.9 Å². The lowest BCUT2D eigenvalue weighted by Gasteiger charge is -2.12. The number of nitrogens with zero attached hydrogens (tertiary/aromatic N) is 2. The van der Waals surface area contributed by atoms with Gasteiger partial charge in [-0.15, -0.1) is 0 Å². The number of fused-ring (bicyclic) bond motifs is 1. The molecule has 1 N–H and O–H groups in total. The Morgan fingerprint density at radius 3 is 2.67 bits per heavy atom. The number of ether oxygens (including phenoxy) is 1. The fraction of sp³-hybridized carbons (Fsp3) is 0.174. The zero-order chi connectivity index (χ0) is 21.1. The molecule has 0 fully saturated rings. The van der Waals surface area contributed by atoms with Crippen LogP contribution in [0.2, 0.25) is 0 Å². The summed E-state index contributed by atoms with van der Waals surface area (Å²) in [6.45, 7) is 2.19. The number of aryl methyl sites for hydroxylation is 2. The summed E-state index contributed by atoms with van der Waals surface area (Å²) in [7, 11) is 1.58. The van der Waals surface area contributed by atoms with Crippen molar-refractivity contribution in [2.24, 2.45) is 7.05 Å². The number of rotatable bonds is 6. The highest BCUT2D eigenvalue weighted by atomic mass is 16.5. The molecule has 0 saturated heterocycles. The van der Waals surface area contributed by atoms with Gasteiger partial charge in [0.25, 0.3) is 11.5 Å². The van der Waals surface area contributed by atoms with Crippen LogP contribution < -0.4 is 15.6 Å². The minimum absolute atomic E-state index is 0.161. The van der Waals surface area contributed by atoms with Crippen molar-refractivity contribution in [2.75, 3.05) is 13.2 Å². The number of amides is 1. The Morgan fingerprint density at radius 1 is 1.13 bits per heavy atom. The van der Waals surface area contributed by atoms with E-state index in [1.54, 1.807) is 14.0 Å². The highest BCUT2D eigenvalue weighted by Crippen LogP contribution is 2.29. The number of hydrogen-bond acceptors (Lipinski definition) is 5. The van der Waals surface area contributed by atoms with Gasteiger partial charge < -0.3 is 19.0 Å². The molecule has 0 aliphatic rings. The average molecular weight is 403 g/mol. The van der Waals surface area contributed by atoms with Crippen molar-refractivity contribution in [2.45, 2.75) is 6.92 Å². The van der Waals surface area contributed by atoms with E-state index in [4.69, 9.17) is 9.15 Å². The average Bonchev–Trinajstić information content (AvgIpc) is 3.11. The first-order valence-corrected chi connectivity index (χ1v) is 9.56. The van der Waals surface area contributed by atoms with Crippen LogP contribution in [-0.2, 0) is 7.05 Å². The minimum Gasteiger partial charge on any atom is -0.491 e. The fourth-order valence-corrected chi connectivity index (χ4v) is 3.32. The van der Waals surface area contributed by atoms with Crippen molar-refractivity contribution in [3.05, 3.63) is 82.6 Å². The maximum absolute atomic E-state index is 12.7. The van der Waals surface area contributed by atoms with Gasteiger partial charge in [0.2, 0.25) is 5.71 Å². The predicted molar refractivity (Wildman–Crippen MR) is 114 cm³/mol. The highest BCUT2D eigenvalue weighted by molar-refractivity contribution is 6.06. The molecule has 0 saturated carbocycles. The van der Waals surface area contributed by atoms with Crippen molar-refractivity contribution in [1.29, 1.82) is 0 Å². The summed E-state index contributed by atoms with van der Waals surface area (Å²) in [5, 5.41) is 2.98. The van der Waals surface area contributed by atoms with Crippen LogP contribution in [0.15, 0.2) is 70.1 Å². The first-order chi connectivity index (χ1) is 14.6. The van der Waals surface area contributed by atoms with Gasteiger partial charge in [0, 0.05) is 12.6 Å². The molecule has 0 spiro atoms. The Morgan fingerprint density at radius 2 is 1.87 bits per heavy atom. The number of benzene rings is 2. The fourth-order valence-electron chi connectivity index (χ4n) is 3.32. The predicted octanol–water partition coefficient (Wildman–Crippen LogP) is 3.31. The third-order valence-corrected chi connectivity index (χ3v) is 4.79. The number of para-hydroxylation sites is 1.